The fourth-order valence-corrected chi connectivity index (χ4v) is 4.02. The molecule has 1 spiro atoms. The van der Waals surface area contributed by atoms with E-state index < -0.39 is 0 Å². The molecule has 6 nitrogen and oxygen atoms in total. The number of hydrogen-bond donors (Lipinski definition) is 1. The fourth-order valence-electron chi connectivity index (χ4n) is 4.02. The molecular weight excluding hydrogens is 335 g/mol. The van der Waals surface area contributed by atoms with Crippen LogP contribution in [-0.4, -0.2) is 51.7 Å². The molecule has 1 amide bonds. The summed E-state index contributed by atoms with van der Waals surface area (Å²) in [4.78, 5) is 18.7. The smallest absolute Gasteiger partial charge is 0.270 e. The second-order valence-corrected chi connectivity index (χ2v) is 7.21. The Balaban J connectivity index is 1.43. The van der Waals surface area contributed by atoms with Gasteiger partial charge in [0.1, 0.15) is 5.69 Å². The number of nitrogens with one attached hydrogen (secondary N) is 1. The number of piperidine rings is 1. The van der Waals surface area contributed by atoms with Crippen LogP contribution in [0.3, 0.4) is 0 Å². The van der Waals surface area contributed by atoms with E-state index in [1.807, 2.05) is 34.8 Å². The minimum atomic E-state index is -0.363. The van der Waals surface area contributed by atoms with Gasteiger partial charge in [0.05, 0.1) is 24.8 Å². The number of carbonyl (C=O) groups excluding carboxylic acids is 1. The summed E-state index contributed by atoms with van der Waals surface area (Å²) in [5.74, 6) is -0.0735. The highest BCUT2D eigenvalue weighted by atomic mass is 19.1. The molecule has 0 bridgehead atoms. The number of rotatable bonds is 3. The van der Waals surface area contributed by atoms with Crippen LogP contribution < -0.4 is 5.32 Å². The van der Waals surface area contributed by atoms with Gasteiger partial charge in [-0.15, -0.1) is 0 Å². The van der Waals surface area contributed by atoms with Gasteiger partial charge in [-0.05, 0) is 37.1 Å². The molecule has 4 rings (SSSR count). The van der Waals surface area contributed by atoms with Gasteiger partial charge in [0.25, 0.3) is 5.91 Å². The third-order valence-electron chi connectivity index (χ3n) is 5.30. The molecule has 7 heteroatoms. The Morgan fingerprint density at radius 2 is 2.31 bits per heavy atom. The monoisotopic (exact) mass is 358 g/mol. The number of hydrogen-bond acceptors (Lipinski definition) is 4. The normalized spacial score (nSPS) is 25.6. The van der Waals surface area contributed by atoms with Crippen molar-refractivity contribution in [1.82, 2.24) is 14.5 Å². The number of pyridine rings is 1. The molecule has 0 saturated carbocycles. The molecule has 2 aromatic rings. The summed E-state index contributed by atoms with van der Waals surface area (Å²) < 4.78 is 21.8. The lowest BCUT2D eigenvalue weighted by molar-refractivity contribution is -0.0449. The number of likely N-dealkylation sites (tertiary alicyclic amines) is 1. The number of aromatic nitrogens is 2. The van der Waals surface area contributed by atoms with Gasteiger partial charge in [-0.1, -0.05) is 0 Å². The zero-order chi connectivity index (χ0) is 18.1. The van der Waals surface area contributed by atoms with Gasteiger partial charge in [-0.3, -0.25) is 4.79 Å². The third-order valence-corrected chi connectivity index (χ3v) is 5.30. The molecule has 4 heterocycles. The van der Waals surface area contributed by atoms with E-state index in [2.05, 4.69) is 10.3 Å². The first-order chi connectivity index (χ1) is 12.6. The van der Waals surface area contributed by atoms with Crippen LogP contribution in [0.15, 0.2) is 36.7 Å². The summed E-state index contributed by atoms with van der Waals surface area (Å²) in [6, 6.07) is 6.67. The Labute approximate surface area is 152 Å². The SMILES string of the molecule is Cn1cccc1C(=O)N1CCC[C@]2(C[C@H](Nc3ncccc3F)CO2)C1. The van der Waals surface area contributed by atoms with Crippen LogP contribution in [0.4, 0.5) is 10.2 Å². The lowest BCUT2D eigenvalue weighted by atomic mass is 9.88. The van der Waals surface area contributed by atoms with Crippen molar-refractivity contribution in [3.8, 4) is 0 Å². The van der Waals surface area contributed by atoms with Crippen LogP contribution >= 0.6 is 0 Å². The summed E-state index contributed by atoms with van der Waals surface area (Å²) in [5.41, 5.74) is 0.326. The molecule has 26 heavy (non-hydrogen) atoms. The summed E-state index contributed by atoms with van der Waals surface area (Å²) in [5, 5.41) is 3.14. The van der Waals surface area contributed by atoms with E-state index in [9.17, 15) is 9.18 Å². The minimum absolute atomic E-state index is 0.00973. The lowest BCUT2D eigenvalue weighted by Crippen LogP contribution is -2.50. The first-order valence-corrected chi connectivity index (χ1v) is 8.98. The molecule has 2 aliphatic rings. The highest BCUT2D eigenvalue weighted by Crippen LogP contribution is 2.36. The van der Waals surface area contributed by atoms with Gasteiger partial charge in [-0.25, -0.2) is 9.37 Å². The maximum absolute atomic E-state index is 13.8. The standard InChI is InChI=1S/C19H23FN4O2/c1-23-9-3-6-16(23)18(25)24-10-4-7-19(13-24)11-14(12-26-19)22-17-15(20)5-2-8-21-17/h2-3,5-6,8-9,14H,4,7,10-13H2,1H3,(H,21,22)/t14-,19-/m0/s1. The highest BCUT2D eigenvalue weighted by molar-refractivity contribution is 5.92. The van der Waals surface area contributed by atoms with Gasteiger partial charge >= 0.3 is 0 Å². The first-order valence-electron chi connectivity index (χ1n) is 8.98. The van der Waals surface area contributed by atoms with Gasteiger partial charge in [0, 0.05) is 32.4 Å². The maximum atomic E-state index is 13.8. The van der Waals surface area contributed by atoms with Crippen molar-refractivity contribution in [2.24, 2.45) is 7.05 Å². The van der Waals surface area contributed by atoms with Gasteiger partial charge in [0.2, 0.25) is 0 Å². The van der Waals surface area contributed by atoms with Crippen LogP contribution in [0.1, 0.15) is 29.8 Å². The molecule has 2 fully saturated rings. The first kappa shape index (κ1) is 17.0. The average molecular weight is 358 g/mol. The number of anilines is 1. The van der Waals surface area contributed by atoms with Gasteiger partial charge < -0.3 is 19.5 Å². The molecule has 0 unspecified atom stereocenters. The van der Waals surface area contributed by atoms with Crippen molar-refractivity contribution in [2.75, 3.05) is 25.0 Å². The number of ether oxygens (including phenoxy) is 1. The fraction of sp³-hybridized carbons (Fsp3) is 0.474. The van der Waals surface area contributed by atoms with Crippen molar-refractivity contribution in [3.63, 3.8) is 0 Å². The van der Waals surface area contributed by atoms with Crippen LogP contribution in [0.5, 0.6) is 0 Å². The minimum Gasteiger partial charge on any atom is -0.371 e. The molecule has 0 aromatic carbocycles. The maximum Gasteiger partial charge on any atom is 0.270 e. The number of amides is 1. The van der Waals surface area contributed by atoms with Crippen molar-refractivity contribution in [1.29, 1.82) is 0 Å². The summed E-state index contributed by atoms with van der Waals surface area (Å²) in [6.45, 7) is 1.80. The third kappa shape index (κ3) is 3.19. The summed E-state index contributed by atoms with van der Waals surface area (Å²) in [6.07, 6.45) is 5.99. The van der Waals surface area contributed by atoms with E-state index in [1.54, 1.807) is 12.3 Å². The van der Waals surface area contributed by atoms with Crippen LogP contribution in [0.2, 0.25) is 0 Å². The lowest BCUT2D eigenvalue weighted by Gasteiger charge is -2.39. The Bertz CT molecular complexity index is 808. The second kappa shape index (κ2) is 6.72. The largest absolute Gasteiger partial charge is 0.371 e. The predicted molar refractivity (Wildman–Crippen MR) is 95.5 cm³/mol. The molecule has 0 radical (unpaired) electrons. The van der Waals surface area contributed by atoms with Gasteiger partial charge in [-0.2, -0.15) is 0 Å². The van der Waals surface area contributed by atoms with E-state index in [-0.39, 0.29) is 29.2 Å². The zero-order valence-corrected chi connectivity index (χ0v) is 14.8. The van der Waals surface area contributed by atoms with Crippen LogP contribution in [0.25, 0.3) is 0 Å². The summed E-state index contributed by atoms with van der Waals surface area (Å²) in [7, 11) is 1.88. The Morgan fingerprint density at radius 3 is 3.08 bits per heavy atom. The molecule has 2 atom stereocenters. The molecule has 138 valence electrons. The van der Waals surface area contributed by atoms with Crippen molar-refractivity contribution < 1.29 is 13.9 Å². The number of aryl methyl sites for hydroxylation is 1. The van der Waals surface area contributed by atoms with E-state index in [1.165, 1.54) is 6.07 Å². The Kier molecular flexibility index (Phi) is 4.40. The molecular formula is C19H23FN4O2. The molecule has 2 saturated heterocycles. The average Bonchev–Trinajstić information content (AvgIpc) is 3.23. The van der Waals surface area contributed by atoms with Crippen LogP contribution in [0, 0.1) is 5.82 Å². The van der Waals surface area contributed by atoms with Crippen LogP contribution in [-0.2, 0) is 11.8 Å². The number of nitrogens with zero attached hydrogens (tertiary/aromatic N) is 3. The zero-order valence-electron chi connectivity index (χ0n) is 14.8. The highest BCUT2D eigenvalue weighted by Gasteiger charge is 2.45. The molecule has 1 N–H and O–H groups in total. The second-order valence-electron chi connectivity index (χ2n) is 7.21. The molecule has 2 aromatic heterocycles. The molecule has 0 aliphatic carbocycles. The van der Waals surface area contributed by atoms with E-state index >= 15 is 0 Å². The van der Waals surface area contributed by atoms with Crippen molar-refractivity contribution >= 4 is 11.7 Å². The Hall–Kier alpha value is -2.41. The van der Waals surface area contributed by atoms with Gasteiger partial charge in [0.15, 0.2) is 11.6 Å². The molecule has 2 aliphatic heterocycles. The quantitative estimate of drug-likeness (QED) is 0.916. The van der Waals surface area contributed by atoms with E-state index in [4.69, 9.17) is 4.74 Å². The van der Waals surface area contributed by atoms with Crippen molar-refractivity contribution in [2.45, 2.75) is 30.9 Å². The predicted octanol–water partition coefficient (Wildman–Crippen LogP) is 2.44. The van der Waals surface area contributed by atoms with E-state index in [0.717, 1.165) is 25.8 Å². The number of halogens is 1. The summed E-state index contributed by atoms with van der Waals surface area (Å²) >= 11 is 0. The topological polar surface area (TPSA) is 59.4 Å². The van der Waals surface area contributed by atoms with E-state index in [0.29, 0.717) is 18.8 Å². The van der Waals surface area contributed by atoms with Crippen molar-refractivity contribution in [3.05, 3.63) is 48.2 Å². The Morgan fingerprint density at radius 1 is 1.42 bits per heavy atom. The number of carbonyl (C=O) groups is 1.